The van der Waals surface area contributed by atoms with Crippen LogP contribution in [0.4, 0.5) is 5.69 Å². The summed E-state index contributed by atoms with van der Waals surface area (Å²) in [6, 6.07) is 13.4. The van der Waals surface area contributed by atoms with Gasteiger partial charge in [0.2, 0.25) is 0 Å². The zero-order chi connectivity index (χ0) is 16.6. The molecule has 1 aliphatic heterocycles. The van der Waals surface area contributed by atoms with Crippen molar-refractivity contribution in [2.24, 2.45) is 0 Å². The number of nitrogens with one attached hydrogen (secondary N) is 1. The lowest BCUT2D eigenvalue weighted by atomic mass is 9.99. The SMILES string of the molecule is CC(=O)C1=C(C)Nc2cc(Cl)ccc2SC1c1ccccc1Cl. The van der Waals surface area contributed by atoms with Crippen LogP contribution in [0.5, 0.6) is 0 Å². The quantitative estimate of drug-likeness (QED) is 0.697. The Hall–Kier alpha value is -1.42. The van der Waals surface area contributed by atoms with Gasteiger partial charge in [-0.25, -0.2) is 0 Å². The lowest BCUT2D eigenvalue weighted by Gasteiger charge is -2.19. The molecule has 0 amide bonds. The Morgan fingerprint density at radius 1 is 1.17 bits per heavy atom. The number of fused-ring (bicyclic) bond motifs is 1. The van der Waals surface area contributed by atoms with Crippen LogP contribution in [0.1, 0.15) is 24.7 Å². The number of benzene rings is 2. The van der Waals surface area contributed by atoms with Gasteiger partial charge < -0.3 is 5.32 Å². The molecule has 3 rings (SSSR count). The molecular weight excluding hydrogens is 349 g/mol. The van der Waals surface area contributed by atoms with Crippen LogP contribution < -0.4 is 5.32 Å². The van der Waals surface area contributed by atoms with Crippen LogP contribution >= 0.6 is 35.0 Å². The number of Topliss-reactive ketones (excluding diaryl/α,β-unsaturated/α-hetero) is 1. The Bertz CT molecular complexity index is 816. The zero-order valence-electron chi connectivity index (χ0n) is 12.7. The summed E-state index contributed by atoms with van der Waals surface area (Å²) >= 11 is 14.1. The Balaban J connectivity index is 2.19. The van der Waals surface area contributed by atoms with Gasteiger partial charge in [-0.3, -0.25) is 4.79 Å². The normalized spacial score (nSPS) is 17.3. The van der Waals surface area contributed by atoms with Gasteiger partial charge in [0, 0.05) is 26.2 Å². The zero-order valence-corrected chi connectivity index (χ0v) is 15.0. The molecule has 0 aliphatic carbocycles. The summed E-state index contributed by atoms with van der Waals surface area (Å²) < 4.78 is 0. The van der Waals surface area contributed by atoms with Gasteiger partial charge in [0.05, 0.1) is 10.9 Å². The second-order valence-electron chi connectivity index (χ2n) is 5.38. The number of carbonyl (C=O) groups is 1. The molecule has 23 heavy (non-hydrogen) atoms. The third-order valence-corrected chi connectivity index (χ3v) is 5.66. The van der Waals surface area contributed by atoms with E-state index in [0.29, 0.717) is 10.0 Å². The number of hydrogen-bond donors (Lipinski definition) is 1. The minimum absolute atomic E-state index is 0.0336. The molecule has 0 saturated carbocycles. The molecule has 0 spiro atoms. The van der Waals surface area contributed by atoms with Crippen LogP contribution in [-0.2, 0) is 4.79 Å². The molecule has 0 aromatic heterocycles. The summed E-state index contributed by atoms with van der Waals surface area (Å²) in [5.74, 6) is 0.0336. The smallest absolute Gasteiger partial charge is 0.159 e. The summed E-state index contributed by atoms with van der Waals surface area (Å²) in [5.41, 5.74) is 3.41. The van der Waals surface area contributed by atoms with Gasteiger partial charge >= 0.3 is 0 Å². The van der Waals surface area contributed by atoms with Crippen molar-refractivity contribution in [2.45, 2.75) is 24.0 Å². The fraction of sp³-hybridized carbons (Fsp3) is 0.167. The van der Waals surface area contributed by atoms with E-state index in [1.165, 1.54) is 0 Å². The van der Waals surface area contributed by atoms with Crippen molar-refractivity contribution in [1.29, 1.82) is 0 Å². The van der Waals surface area contributed by atoms with Gasteiger partial charge in [-0.2, -0.15) is 0 Å². The first-order valence-corrected chi connectivity index (χ1v) is 8.80. The van der Waals surface area contributed by atoms with Gasteiger partial charge in [0.1, 0.15) is 0 Å². The van der Waals surface area contributed by atoms with Crippen molar-refractivity contribution in [3.05, 3.63) is 69.3 Å². The van der Waals surface area contributed by atoms with Gasteiger partial charge in [-0.05, 0) is 43.7 Å². The Labute approximate surface area is 149 Å². The minimum Gasteiger partial charge on any atom is -0.358 e. The summed E-state index contributed by atoms with van der Waals surface area (Å²) in [6.45, 7) is 3.50. The Morgan fingerprint density at radius 2 is 1.91 bits per heavy atom. The molecule has 1 atom stereocenters. The highest BCUT2D eigenvalue weighted by molar-refractivity contribution is 8.00. The maximum absolute atomic E-state index is 12.3. The summed E-state index contributed by atoms with van der Waals surface area (Å²) in [5, 5.41) is 4.49. The fourth-order valence-electron chi connectivity index (χ4n) is 2.71. The highest BCUT2D eigenvalue weighted by atomic mass is 35.5. The van der Waals surface area contributed by atoms with Crippen LogP contribution in [0.25, 0.3) is 0 Å². The number of rotatable bonds is 2. The number of hydrogen-bond acceptors (Lipinski definition) is 3. The lowest BCUT2D eigenvalue weighted by Crippen LogP contribution is -2.11. The van der Waals surface area contributed by atoms with Crippen LogP contribution in [-0.4, -0.2) is 5.78 Å². The average molecular weight is 364 g/mol. The third kappa shape index (κ3) is 3.27. The maximum Gasteiger partial charge on any atom is 0.159 e. The summed E-state index contributed by atoms with van der Waals surface area (Å²) in [6.07, 6.45) is 0. The van der Waals surface area contributed by atoms with E-state index >= 15 is 0 Å². The number of halogens is 2. The fourth-order valence-corrected chi connectivity index (χ4v) is 4.62. The van der Waals surface area contributed by atoms with E-state index < -0.39 is 0 Å². The second kappa shape index (κ2) is 6.60. The maximum atomic E-state index is 12.3. The van der Waals surface area contributed by atoms with E-state index in [-0.39, 0.29) is 11.0 Å². The molecule has 2 nitrogen and oxygen atoms in total. The first-order valence-electron chi connectivity index (χ1n) is 7.16. The number of anilines is 1. The second-order valence-corrected chi connectivity index (χ2v) is 7.37. The van der Waals surface area contributed by atoms with Gasteiger partial charge in [0.15, 0.2) is 5.78 Å². The molecule has 0 fully saturated rings. The monoisotopic (exact) mass is 363 g/mol. The highest BCUT2D eigenvalue weighted by Crippen LogP contribution is 2.49. The standard InChI is InChI=1S/C18H15Cl2NOS/c1-10-17(11(2)22)18(13-5-3-4-6-14(13)20)23-16-8-7-12(19)9-15(16)21-10/h3-9,18,21H,1-2H3. The lowest BCUT2D eigenvalue weighted by molar-refractivity contribution is -0.113. The molecule has 2 aromatic rings. The van der Waals surface area contributed by atoms with Gasteiger partial charge in [-0.1, -0.05) is 41.4 Å². The highest BCUT2D eigenvalue weighted by Gasteiger charge is 2.29. The van der Waals surface area contributed by atoms with E-state index in [9.17, 15) is 4.79 Å². The molecule has 0 bridgehead atoms. The van der Waals surface area contributed by atoms with Crippen LogP contribution in [0.2, 0.25) is 10.0 Å². The first-order chi connectivity index (χ1) is 11.0. The van der Waals surface area contributed by atoms with Crippen molar-refractivity contribution < 1.29 is 4.79 Å². The number of thioether (sulfide) groups is 1. The molecular formula is C18H15Cl2NOS. The molecule has 118 valence electrons. The summed E-state index contributed by atoms with van der Waals surface area (Å²) in [4.78, 5) is 13.3. The Kier molecular flexibility index (Phi) is 4.72. The molecule has 1 heterocycles. The van der Waals surface area contributed by atoms with Crippen molar-refractivity contribution in [3.63, 3.8) is 0 Å². The van der Waals surface area contributed by atoms with E-state index in [0.717, 1.165) is 27.4 Å². The van der Waals surface area contributed by atoms with E-state index in [1.807, 2.05) is 49.4 Å². The van der Waals surface area contributed by atoms with E-state index in [1.54, 1.807) is 18.7 Å². The number of carbonyl (C=O) groups excluding carboxylic acids is 1. The molecule has 1 unspecified atom stereocenters. The molecule has 5 heteroatoms. The molecule has 1 aliphatic rings. The van der Waals surface area contributed by atoms with Crippen LogP contribution in [0, 0.1) is 0 Å². The topological polar surface area (TPSA) is 29.1 Å². The van der Waals surface area contributed by atoms with Gasteiger partial charge in [-0.15, -0.1) is 11.8 Å². The van der Waals surface area contributed by atoms with Crippen LogP contribution in [0.15, 0.2) is 58.6 Å². The van der Waals surface area contributed by atoms with Crippen molar-refractivity contribution in [3.8, 4) is 0 Å². The third-order valence-electron chi connectivity index (χ3n) is 3.74. The number of ketones is 1. The molecule has 0 saturated heterocycles. The minimum atomic E-state index is -0.156. The van der Waals surface area contributed by atoms with Crippen molar-refractivity contribution in [1.82, 2.24) is 0 Å². The Morgan fingerprint density at radius 3 is 2.61 bits per heavy atom. The first kappa shape index (κ1) is 16.4. The van der Waals surface area contributed by atoms with E-state index in [2.05, 4.69) is 5.32 Å². The van der Waals surface area contributed by atoms with Gasteiger partial charge in [0.25, 0.3) is 0 Å². The summed E-state index contributed by atoms with van der Waals surface area (Å²) in [7, 11) is 0. The average Bonchev–Trinajstić information content (AvgIpc) is 2.63. The van der Waals surface area contributed by atoms with E-state index in [4.69, 9.17) is 23.2 Å². The van der Waals surface area contributed by atoms with Crippen molar-refractivity contribution >= 4 is 46.4 Å². The predicted molar refractivity (Wildman–Crippen MR) is 98.5 cm³/mol. The molecule has 0 radical (unpaired) electrons. The predicted octanol–water partition coefficient (Wildman–Crippen LogP) is 6.12. The van der Waals surface area contributed by atoms with Crippen LogP contribution in [0.3, 0.4) is 0 Å². The largest absolute Gasteiger partial charge is 0.358 e. The number of allylic oxidation sites excluding steroid dienone is 1. The molecule has 2 aromatic carbocycles. The molecule has 1 N–H and O–H groups in total. The van der Waals surface area contributed by atoms with Crippen molar-refractivity contribution in [2.75, 3.05) is 5.32 Å².